The number of hydrogen-bond donors (Lipinski definition) is 2. The summed E-state index contributed by atoms with van der Waals surface area (Å²) >= 11 is 3.28. The third kappa shape index (κ3) is 2.20. The Morgan fingerprint density at radius 2 is 2.31 bits per heavy atom. The van der Waals surface area contributed by atoms with Crippen molar-refractivity contribution in [3.05, 3.63) is 28.2 Å². The van der Waals surface area contributed by atoms with Crippen LogP contribution in [0.2, 0.25) is 0 Å². The number of nitrogens with two attached hydrogens (primary N) is 1. The highest BCUT2D eigenvalue weighted by Crippen LogP contribution is 2.22. The molecule has 1 saturated heterocycles. The van der Waals surface area contributed by atoms with Gasteiger partial charge in [0.2, 0.25) is 0 Å². The summed E-state index contributed by atoms with van der Waals surface area (Å²) in [5.41, 5.74) is 6.83. The summed E-state index contributed by atoms with van der Waals surface area (Å²) in [6.07, 6.45) is 0.259. The van der Waals surface area contributed by atoms with Crippen LogP contribution in [0.4, 0.5) is 5.69 Å². The van der Waals surface area contributed by atoms with E-state index in [0.717, 1.165) is 4.47 Å². The number of aliphatic hydroxyl groups is 1. The van der Waals surface area contributed by atoms with E-state index >= 15 is 0 Å². The largest absolute Gasteiger partial charge is 0.398 e. The molecule has 1 amide bonds. The van der Waals surface area contributed by atoms with Gasteiger partial charge in [-0.05, 0) is 40.5 Å². The van der Waals surface area contributed by atoms with E-state index in [1.54, 1.807) is 23.1 Å². The molecule has 0 unspecified atom stereocenters. The summed E-state index contributed by atoms with van der Waals surface area (Å²) in [5, 5.41) is 9.37. The van der Waals surface area contributed by atoms with Crippen molar-refractivity contribution in [2.75, 3.05) is 18.8 Å². The summed E-state index contributed by atoms with van der Waals surface area (Å²) < 4.78 is 0.783. The normalized spacial score (nSPS) is 20.1. The molecule has 1 aromatic carbocycles. The smallest absolute Gasteiger partial charge is 0.254 e. The molecule has 0 saturated carbocycles. The van der Waals surface area contributed by atoms with Crippen LogP contribution in [-0.4, -0.2) is 35.1 Å². The summed E-state index contributed by atoms with van der Waals surface area (Å²) in [7, 11) is 0. The summed E-state index contributed by atoms with van der Waals surface area (Å²) in [6.45, 7) is 1.02. The summed E-state index contributed by atoms with van der Waals surface area (Å²) in [4.78, 5) is 13.6. The van der Waals surface area contributed by atoms with Gasteiger partial charge in [-0.3, -0.25) is 4.79 Å². The van der Waals surface area contributed by atoms with Gasteiger partial charge in [-0.1, -0.05) is 0 Å². The summed E-state index contributed by atoms with van der Waals surface area (Å²) in [6, 6.07) is 5.14. The zero-order valence-corrected chi connectivity index (χ0v) is 10.3. The van der Waals surface area contributed by atoms with Crippen LogP contribution in [0.1, 0.15) is 16.8 Å². The second-order valence-electron chi connectivity index (χ2n) is 3.93. The van der Waals surface area contributed by atoms with Crippen LogP contribution in [0.3, 0.4) is 0 Å². The van der Waals surface area contributed by atoms with Crippen molar-refractivity contribution in [2.24, 2.45) is 0 Å². The number of β-amino-alcohol motifs (C(OH)–C–C–N with tert-alkyl or cyclic N) is 1. The fourth-order valence-electron chi connectivity index (χ4n) is 1.79. The Bertz CT molecular complexity index is 422. The highest BCUT2D eigenvalue weighted by molar-refractivity contribution is 9.10. The number of hydrogen-bond acceptors (Lipinski definition) is 3. The Balaban J connectivity index is 2.18. The number of halogens is 1. The van der Waals surface area contributed by atoms with Gasteiger partial charge in [0.05, 0.1) is 6.10 Å². The van der Waals surface area contributed by atoms with Gasteiger partial charge in [-0.15, -0.1) is 0 Å². The Hall–Kier alpha value is -1.07. The van der Waals surface area contributed by atoms with E-state index in [-0.39, 0.29) is 5.91 Å². The van der Waals surface area contributed by atoms with Gasteiger partial charge in [0, 0.05) is 28.8 Å². The molecule has 16 heavy (non-hydrogen) atoms. The maximum absolute atomic E-state index is 12.0. The van der Waals surface area contributed by atoms with Gasteiger partial charge in [-0.25, -0.2) is 0 Å². The van der Waals surface area contributed by atoms with Crippen molar-refractivity contribution in [3.63, 3.8) is 0 Å². The number of likely N-dealkylation sites (tertiary alicyclic amines) is 1. The minimum absolute atomic E-state index is 0.0734. The molecule has 3 N–H and O–H groups in total. The van der Waals surface area contributed by atoms with Crippen LogP contribution < -0.4 is 5.73 Å². The third-order valence-electron chi connectivity index (χ3n) is 2.69. The maximum Gasteiger partial charge on any atom is 0.254 e. The first-order valence-corrected chi connectivity index (χ1v) is 5.89. The average Bonchev–Trinajstić information content (AvgIpc) is 2.68. The van der Waals surface area contributed by atoms with Crippen molar-refractivity contribution in [2.45, 2.75) is 12.5 Å². The van der Waals surface area contributed by atoms with Gasteiger partial charge in [0.1, 0.15) is 0 Å². The minimum atomic E-state index is -0.392. The molecule has 1 heterocycles. The van der Waals surface area contributed by atoms with Gasteiger partial charge in [0.15, 0.2) is 0 Å². The van der Waals surface area contributed by atoms with E-state index in [9.17, 15) is 9.90 Å². The second kappa shape index (κ2) is 4.43. The van der Waals surface area contributed by atoms with Crippen LogP contribution in [0.25, 0.3) is 0 Å². The Kier molecular flexibility index (Phi) is 3.16. The molecule has 1 atom stereocenters. The van der Waals surface area contributed by atoms with Crippen LogP contribution in [-0.2, 0) is 0 Å². The number of benzene rings is 1. The van der Waals surface area contributed by atoms with Crippen molar-refractivity contribution in [1.82, 2.24) is 4.90 Å². The maximum atomic E-state index is 12.0. The topological polar surface area (TPSA) is 66.6 Å². The standard InChI is InChI=1S/C11H13BrN2O2/c12-9-2-1-7(5-10(9)13)11(16)14-4-3-8(15)6-14/h1-2,5,8,15H,3-4,6,13H2/t8-/m0/s1. The van der Waals surface area contributed by atoms with E-state index < -0.39 is 6.10 Å². The Morgan fingerprint density at radius 3 is 2.88 bits per heavy atom. The number of nitrogens with zero attached hydrogens (tertiary/aromatic N) is 1. The molecule has 1 aromatic rings. The molecule has 0 radical (unpaired) electrons. The first-order valence-electron chi connectivity index (χ1n) is 5.10. The zero-order chi connectivity index (χ0) is 11.7. The molecule has 1 fully saturated rings. The zero-order valence-electron chi connectivity index (χ0n) is 8.69. The van der Waals surface area contributed by atoms with E-state index in [2.05, 4.69) is 15.9 Å². The first-order chi connectivity index (χ1) is 7.58. The number of amides is 1. The van der Waals surface area contributed by atoms with Crippen LogP contribution in [0.5, 0.6) is 0 Å². The molecule has 0 bridgehead atoms. The lowest BCUT2D eigenvalue weighted by Gasteiger charge is -2.15. The molecule has 1 aliphatic heterocycles. The molecular formula is C11H13BrN2O2. The third-order valence-corrected chi connectivity index (χ3v) is 3.42. The number of aliphatic hydroxyl groups excluding tert-OH is 1. The molecular weight excluding hydrogens is 272 g/mol. The second-order valence-corrected chi connectivity index (χ2v) is 4.78. The molecule has 1 aliphatic rings. The van der Waals surface area contributed by atoms with Crippen molar-refractivity contribution in [3.8, 4) is 0 Å². The molecule has 86 valence electrons. The number of carbonyl (C=O) groups is 1. The molecule has 5 heteroatoms. The molecule has 4 nitrogen and oxygen atoms in total. The number of anilines is 1. The number of carbonyl (C=O) groups excluding carboxylic acids is 1. The fraction of sp³-hybridized carbons (Fsp3) is 0.364. The Morgan fingerprint density at radius 1 is 1.56 bits per heavy atom. The van der Waals surface area contributed by atoms with Gasteiger partial charge in [0.25, 0.3) is 5.91 Å². The van der Waals surface area contributed by atoms with Crippen LogP contribution >= 0.6 is 15.9 Å². The number of rotatable bonds is 1. The molecule has 2 rings (SSSR count). The lowest BCUT2D eigenvalue weighted by molar-refractivity contribution is 0.0765. The highest BCUT2D eigenvalue weighted by Gasteiger charge is 2.25. The lowest BCUT2D eigenvalue weighted by atomic mass is 10.2. The van der Waals surface area contributed by atoms with E-state index in [0.29, 0.717) is 30.8 Å². The van der Waals surface area contributed by atoms with Gasteiger partial charge in [-0.2, -0.15) is 0 Å². The van der Waals surface area contributed by atoms with E-state index in [1.807, 2.05) is 0 Å². The summed E-state index contributed by atoms with van der Waals surface area (Å²) in [5.74, 6) is -0.0734. The monoisotopic (exact) mass is 284 g/mol. The molecule has 0 aliphatic carbocycles. The average molecular weight is 285 g/mol. The van der Waals surface area contributed by atoms with E-state index in [1.165, 1.54) is 0 Å². The molecule has 0 spiro atoms. The van der Waals surface area contributed by atoms with Crippen LogP contribution in [0, 0.1) is 0 Å². The first kappa shape index (κ1) is 11.4. The van der Waals surface area contributed by atoms with E-state index in [4.69, 9.17) is 5.73 Å². The van der Waals surface area contributed by atoms with Crippen molar-refractivity contribution < 1.29 is 9.90 Å². The predicted molar refractivity (Wildman–Crippen MR) is 65.1 cm³/mol. The fourth-order valence-corrected chi connectivity index (χ4v) is 2.03. The van der Waals surface area contributed by atoms with Crippen molar-refractivity contribution in [1.29, 1.82) is 0 Å². The van der Waals surface area contributed by atoms with Gasteiger partial charge < -0.3 is 15.7 Å². The quantitative estimate of drug-likeness (QED) is 0.763. The van der Waals surface area contributed by atoms with Gasteiger partial charge >= 0.3 is 0 Å². The lowest BCUT2D eigenvalue weighted by Crippen LogP contribution is -2.29. The predicted octanol–water partition coefficient (Wildman–Crippen LogP) is 1.24. The minimum Gasteiger partial charge on any atom is -0.398 e. The van der Waals surface area contributed by atoms with Crippen LogP contribution in [0.15, 0.2) is 22.7 Å². The Labute approximate surface area is 102 Å². The number of nitrogen functional groups attached to an aromatic ring is 1. The highest BCUT2D eigenvalue weighted by atomic mass is 79.9. The molecule has 0 aromatic heterocycles. The van der Waals surface area contributed by atoms with Crippen molar-refractivity contribution >= 4 is 27.5 Å². The SMILES string of the molecule is Nc1cc(C(=O)N2CC[C@H](O)C2)ccc1Br.